The van der Waals surface area contributed by atoms with Crippen molar-refractivity contribution >= 4 is 23.2 Å². The Morgan fingerprint density at radius 3 is 2.33 bits per heavy atom. The molecule has 5 heteroatoms. The van der Waals surface area contributed by atoms with Crippen molar-refractivity contribution in [2.45, 2.75) is 26.2 Å². The molecule has 5 nitrogen and oxygen atoms in total. The van der Waals surface area contributed by atoms with Gasteiger partial charge in [-0.2, -0.15) is 5.26 Å². The van der Waals surface area contributed by atoms with Gasteiger partial charge in [0.2, 0.25) is 11.8 Å². The molecule has 2 N–H and O–H groups in total. The molecule has 0 saturated carbocycles. The second-order valence-electron chi connectivity index (χ2n) is 5.50. The number of hydrogen-bond acceptors (Lipinski definition) is 3. The van der Waals surface area contributed by atoms with E-state index in [1.165, 1.54) is 5.56 Å². The molecule has 122 valence electrons. The molecule has 0 atom stereocenters. The highest BCUT2D eigenvalue weighted by molar-refractivity contribution is 5.94. The van der Waals surface area contributed by atoms with Crippen molar-refractivity contribution in [1.82, 2.24) is 0 Å². The number of carbonyl (C=O) groups is 2. The molecule has 2 amide bonds. The molecule has 0 heterocycles. The van der Waals surface area contributed by atoms with Gasteiger partial charge < -0.3 is 10.6 Å². The Hall–Kier alpha value is -3.13. The minimum atomic E-state index is -0.375. The Kier molecular flexibility index (Phi) is 6.09. The van der Waals surface area contributed by atoms with Crippen LogP contribution in [0, 0.1) is 18.3 Å². The van der Waals surface area contributed by atoms with Crippen LogP contribution >= 0.6 is 0 Å². The topological polar surface area (TPSA) is 82.0 Å². The molecule has 0 spiro atoms. The van der Waals surface area contributed by atoms with E-state index in [9.17, 15) is 9.59 Å². The molecule has 0 aliphatic carbocycles. The number of hydrogen-bond donors (Lipinski definition) is 2. The lowest BCUT2D eigenvalue weighted by Crippen LogP contribution is -2.13. The molecule has 2 rings (SSSR count). The Morgan fingerprint density at radius 1 is 1.00 bits per heavy atom. The van der Waals surface area contributed by atoms with E-state index in [0.29, 0.717) is 24.2 Å². The maximum Gasteiger partial charge on any atom is 0.238 e. The Bertz CT molecular complexity index is 778. The highest BCUT2D eigenvalue weighted by atomic mass is 16.2. The number of nitrogens with one attached hydrogen (secondary N) is 2. The van der Waals surface area contributed by atoms with Gasteiger partial charge >= 0.3 is 0 Å². The molecule has 0 aliphatic rings. The Labute approximate surface area is 141 Å². The second-order valence-corrected chi connectivity index (χ2v) is 5.50. The monoisotopic (exact) mass is 321 g/mol. The van der Waals surface area contributed by atoms with Gasteiger partial charge in [-0.3, -0.25) is 9.59 Å². The predicted octanol–water partition coefficient (Wildman–Crippen LogP) is 3.42. The molecule has 2 aromatic rings. The summed E-state index contributed by atoms with van der Waals surface area (Å²) in [5.74, 6) is -0.461. The summed E-state index contributed by atoms with van der Waals surface area (Å²) in [5.41, 5.74) is 3.46. The minimum Gasteiger partial charge on any atom is -0.326 e. The summed E-state index contributed by atoms with van der Waals surface area (Å²) in [6.07, 6.45) is 0.855. The summed E-state index contributed by atoms with van der Waals surface area (Å²) in [5, 5.41) is 13.9. The number of amides is 2. The van der Waals surface area contributed by atoms with Gasteiger partial charge in [0.25, 0.3) is 0 Å². The summed E-state index contributed by atoms with van der Waals surface area (Å²) in [6, 6.07) is 16.7. The van der Waals surface area contributed by atoms with E-state index in [1.807, 2.05) is 25.1 Å². The van der Waals surface area contributed by atoms with Crippen LogP contribution in [-0.4, -0.2) is 11.8 Å². The molecule has 0 unspecified atom stereocenters. The number of nitriles is 1. The molecular weight excluding hydrogens is 302 g/mol. The van der Waals surface area contributed by atoms with E-state index in [4.69, 9.17) is 5.26 Å². The SMILES string of the molecule is Cc1cccc(CCC(=O)Nc2cccc(NC(=O)CC#N)c2)c1. The third kappa shape index (κ3) is 5.58. The highest BCUT2D eigenvalue weighted by Gasteiger charge is 2.06. The van der Waals surface area contributed by atoms with E-state index in [1.54, 1.807) is 30.3 Å². The number of nitrogens with zero attached hydrogens (tertiary/aromatic N) is 1. The van der Waals surface area contributed by atoms with Gasteiger partial charge in [0.05, 0.1) is 6.07 Å². The van der Waals surface area contributed by atoms with Gasteiger partial charge in [-0.1, -0.05) is 35.9 Å². The third-order valence-corrected chi connectivity index (χ3v) is 3.39. The zero-order valence-electron chi connectivity index (χ0n) is 13.5. The van der Waals surface area contributed by atoms with Gasteiger partial charge in [0.1, 0.15) is 6.42 Å². The predicted molar refractivity (Wildman–Crippen MR) is 93.4 cm³/mol. The van der Waals surface area contributed by atoms with Crippen molar-refractivity contribution in [2.24, 2.45) is 0 Å². The van der Waals surface area contributed by atoms with Crippen LogP contribution in [0.4, 0.5) is 11.4 Å². The normalized spacial score (nSPS) is 9.83. The van der Waals surface area contributed by atoms with Crippen LogP contribution < -0.4 is 10.6 Å². The van der Waals surface area contributed by atoms with Crippen molar-refractivity contribution in [3.8, 4) is 6.07 Å². The van der Waals surface area contributed by atoms with Crippen molar-refractivity contribution in [3.63, 3.8) is 0 Å². The number of carbonyl (C=O) groups excluding carboxylic acids is 2. The lowest BCUT2D eigenvalue weighted by Gasteiger charge is -2.08. The van der Waals surface area contributed by atoms with Crippen LogP contribution in [0.3, 0.4) is 0 Å². The average Bonchev–Trinajstić information content (AvgIpc) is 2.53. The van der Waals surface area contributed by atoms with Crippen molar-refractivity contribution in [1.29, 1.82) is 5.26 Å². The van der Waals surface area contributed by atoms with Crippen LogP contribution in [0.25, 0.3) is 0 Å². The molecule has 0 aliphatic heterocycles. The van der Waals surface area contributed by atoms with E-state index in [-0.39, 0.29) is 18.2 Å². The zero-order chi connectivity index (χ0) is 17.4. The largest absolute Gasteiger partial charge is 0.326 e. The number of anilines is 2. The maximum absolute atomic E-state index is 12.1. The molecular formula is C19H19N3O2. The van der Waals surface area contributed by atoms with Crippen LogP contribution in [0.5, 0.6) is 0 Å². The molecule has 0 radical (unpaired) electrons. The van der Waals surface area contributed by atoms with Gasteiger partial charge in [-0.05, 0) is 37.1 Å². The highest BCUT2D eigenvalue weighted by Crippen LogP contribution is 2.16. The first-order chi connectivity index (χ1) is 11.6. The van der Waals surface area contributed by atoms with E-state index in [0.717, 1.165) is 5.56 Å². The first-order valence-electron chi connectivity index (χ1n) is 7.69. The Balaban J connectivity index is 1.89. The second kappa shape index (κ2) is 8.49. The van der Waals surface area contributed by atoms with E-state index >= 15 is 0 Å². The van der Waals surface area contributed by atoms with Gasteiger partial charge in [0, 0.05) is 17.8 Å². The third-order valence-electron chi connectivity index (χ3n) is 3.39. The summed E-state index contributed by atoms with van der Waals surface area (Å²) in [7, 11) is 0. The molecule has 0 fully saturated rings. The quantitative estimate of drug-likeness (QED) is 0.855. The van der Waals surface area contributed by atoms with Crippen LogP contribution in [0.15, 0.2) is 48.5 Å². The fraction of sp³-hybridized carbons (Fsp3) is 0.211. The number of aryl methyl sites for hydroxylation is 2. The van der Waals surface area contributed by atoms with Crippen molar-refractivity contribution in [2.75, 3.05) is 10.6 Å². The molecule has 0 saturated heterocycles. The van der Waals surface area contributed by atoms with Gasteiger partial charge in [-0.15, -0.1) is 0 Å². The van der Waals surface area contributed by atoms with E-state index in [2.05, 4.69) is 16.7 Å². The summed E-state index contributed by atoms with van der Waals surface area (Å²) in [4.78, 5) is 23.5. The van der Waals surface area contributed by atoms with Crippen LogP contribution in [0.1, 0.15) is 24.0 Å². The lowest BCUT2D eigenvalue weighted by molar-refractivity contribution is -0.116. The fourth-order valence-corrected chi connectivity index (χ4v) is 2.30. The molecule has 0 bridgehead atoms. The maximum atomic E-state index is 12.1. The standard InChI is InChI=1S/C19H19N3O2/c1-14-4-2-5-15(12-14)8-9-18(23)21-16-6-3-7-17(13-16)22-19(24)10-11-20/h2-7,12-13H,8-10H2,1H3,(H,21,23)(H,22,24). The molecule has 0 aromatic heterocycles. The Morgan fingerprint density at radius 2 is 1.67 bits per heavy atom. The van der Waals surface area contributed by atoms with Gasteiger partial charge in [-0.25, -0.2) is 0 Å². The number of rotatable bonds is 6. The fourth-order valence-electron chi connectivity index (χ4n) is 2.30. The van der Waals surface area contributed by atoms with Crippen LogP contribution in [-0.2, 0) is 16.0 Å². The molecule has 2 aromatic carbocycles. The first-order valence-corrected chi connectivity index (χ1v) is 7.69. The summed E-state index contributed by atoms with van der Waals surface area (Å²) >= 11 is 0. The number of benzene rings is 2. The smallest absolute Gasteiger partial charge is 0.238 e. The first kappa shape index (κ1) is 17.2. The van der Waals surface area contributed by atoms with E-state index < -0.39 is 0 Å². The lowest BCUT2D eigenvalue weighted by atomic mass is 10.1. The van der Waals surface area contributed by atoms with Crippen LogP contribution in [0.2, 0.25) is 0 Å². The molecule has 24 heavy (non-hydrogen) atoms. The summed E-state index contributed by atoms with van der Waals surface area (Å²) in [6.45, 7) is 2.02. The zero-order valence-corrected chi connectivity index (χ0v) is 13.5. The van der Waals surface area contributed by atoms with Crippen molar-refractivity contribution in [3.05, 3.63) is 59.7 Å². The average molecular weight is 321 g/mol. The summed E-state index contributed by atoms with van der Waals surface area (Å²) < 4.78 is 0. The minimum absolute atomic E-state index is 0.0861. The van der Waals surface area contributed by atoms with Gasteiger partial charge in [0.15, 0.2) is 0 Å². The van der Waals surface area contributed by atoms with Crippen molar-refractivity contribution < 1.29 is 9.59 Å².